The van der Waals surface area contributed by atoms with E-state index in [2.05, 4.69) is 37.1 Å². The van der Waals surface area contributed by atoms with Crippen LogP contribution >= 0.6 is 0 Å². The van der Waals surface area contributed by atoms with Crippen LogP contribution in [0.1, 0.15) is 11.1 Å². The minimum atomic E-state index is 0.621. The van der Waals surface area contributed by atoms with E-state index in [0.717, 1.165) is 17.8 Å². The second-order valence-electron chi connectivity index (χ2n) is 4.97. The molecule has 0 aliphatic carbocycles. The molecule has 0 saturated carbocycles. The van der Waals surface area contributed by atoms with E-state index in [0.29, 0.717) is 6.61 Å². The maximum absolute atomic E-state index is 5.88. The molecule has 0 saturated heterocycles. The van der Waals surface area contributed by atoms with E-state index in [9.17, 15) is 0 Å². The molecule has 1 heterocycles. The molecule has 2 aromatic carbocycles. The smallest absolute Gasteiger partial charge is 0.122 e. The molecule has 3 heteroatoms. The topological polar surface area (TPSA) is 27.1 Å². The lowest BCUT2D eigenvalue weighted by Crippen LogP contribution is -2.09. The molecule has 0 radical (unpaired) electrons. The minimum absolute atomic E-state index is 0.621. The van der Waals surface area contributed by atoms with Gasteiger partial charge in [0.25, 0.3) is 0 Å². The first kappa shape index (κ1) is 12.7. The van der Waals surface area contributed by atoms with Crippen LogP contribution in [0.4, 0.5) is 0 Å². The van der Waals surface area contributed by atoms with Gasteiger partial charge in [0.05, 0.1) is 18.3 Å². The molecule has 3 nitrogen and oxygen atoms in total. The SMILES string of the molecule is Cc1cccc(OCCn2ncc3ccccc32)c1C. The Hall–Kier alpha value is -2.29. The molecule has 0 aliphatic heterocycles. The summed E-state index contributed by atoms with van der Waals surface area (Å²) in [6, 6.07) is 14.4. The summed E-state index contributed by atoms with van der Waals surface area (Å²) in [4.78, 5) is 0. The highest BCUT2D eigenvalue weighted by Crippen LogP contribution is 2.20. The van der Waals surface area contributed by atoms with Crippen LogP contribution in [0.2, 0.25) is 0 Å². The largest absolute Gasteiger partial charge is 0.491 e. The molecule has 0 amide bonds. The number of aryl methyl sites for hydroxylation is 1. The maximum Gasteiger partial charge on any atom is 0.122 e. The number of aromatic nitrogens is 2. The molecule has 0 unspecified atom stereocenters. The maximum atomic E-state index is 5.88. The summed E-state index contributed by atoms with van der Waals surface area (Å²) in [5.74, 6) is 0.960. The predicted octanol–water partition coefficient (Wildman–Crippen LogP) is 3.73. The summed E-state index contributed by atoms with van der Waals surface area (Å²) < 4.78 is 7.87. The number of benzene rings is 2. The van der Waals surface area contributed by atoms with Crippen molar-refractivity contribution in [1.29, 1.82) is 0 Å². The zero-order chi connectivity index (χ0) is 13.9. The molecule has 0 aliphatic rings. The summed E-state index contributed by atoms with van der Waals surface area (Å²) in [6.45, 7) is 5.56. The number of ether oxygens (including phenoxy) is 1. The summed E-state index contributed by atoms with van der Waals surface area (Å²) in [5.41, 5.74) is 3.61. The van der Waals surface area contributed by atoms with E-state index in [-0.39, 0.29) is 0 Å². The van der Waals surface area contributed by atoms with Gasteiger partial charge in [-0.15, -0.1) is 0 Å². The van der Waals surface area contributed by atoms with Crippen LogP contribution in [0, 0.1) is 13.8 Å². The number of para-hydroxylation sites is 1. The van der Waals surface area contributed by atoms with Gasteiger partial charge in [-0.2, -0.15) is 5.10 Å². The number of hydrogen-bond donors (Lipinski definition) is 0. The van der Waals surface area contributed by atoms with Gasteiger partial charge in [0.15, 0.2) is 0 Å². The van der Waals surface area contributed by atoms with Gasteiger partial charge < -0.3 is 4.74 Å². The first-order valence-electron chi connectivity index (χ1n) is 6.85. The average Bonchev–Trinajstić information content (AvgIpc) is 2.87. The predicted molar refractivity (Wildman–Crippen MR) is 81.1 cm³/mol. The van der Waals surface area contributed by atoms with Gasteiger partial charge in [-0.3, -0.25) is 4.68 Å². The first-order valence-corrected chi connectivity index (χ1v) is 6.85. The Labute approximate surface area is 118 Å². The molecule has 102 valence electrons. The van der Waals surface area contributed by atoms with E-state index >= 15 is 0 Å². The first-order chi connectivity index (χ1) is 9.75. The quantitative estimate of drug-likeness (QED) is 0.719. The molecule has 0 bridgehead atoms. The molecule has 3 aromatic rings. The van der Waals surface area contributed by atoms with Crippen LogP contribution in [0.3, 0.4) is 0 Å². The third kappa shape index (κ3) is 2.39. The van der Waals surface area contributed by atoms with Crippen LogP contribution in [0.15, 0.2) is 48.7 Å². The highest BCUT2D eigenvalue weighted by atomic mass is 16.5. The molecule has 3 rings (SSSR count). The van der Waals surface area contributed by atoms with Gasteiger partial charge in [0.1, 0.15) is 12.4 Å². The normalized spacial score (nSPS) is 10.9. The molecule has 0 spiro atoms. The Morgan fingerprint density at radius 3 is 2.80 bits per heavy atom. The van der Waals surface area contributed by atoms with Crippen molar-refractivity contribution in [3.05, 3.63) is 59.8 Å². The van der Waals surface area contributed by atoms with E-state index in [4.69, 9.17) is 4.74 Å². The Kier molecular flexibility index (Phi) is 3.42. The highest BCUT2D eigenvalue weighted by molar-refractivity contribution is 5.78. The number of fused-ring (bicyclic) bond motifs is 1. The number of rotatable bonds is 4. The van der Waals surface area contributed by atoms with Crippen molar-refractivity contribution in [3.63, 3.8) is 0 Å². The second kappa shape index (κ2) is 5.37. The molecule has 0 N–H and O–H groups in total. The minimum Gasteiger partial charge on any atom is -0.491 e. The van der Waals surface area contributed by atoms with Crippen LogP contribution < -0.4 is 4.74 Å². The summed E-state index contributed by atoms with van der Waals surface area (Å²) in [5, 5.41) is 5.57. The van der Waals surface area contributed by atoms with Crippen LogP contribution in [0.25, 0.3) is 10.9 Å². The van der Waals surface area contributed by atoms with Crippen molar-refractivity contribution in [2.24, 2.45) is 0 Å². The van der Waals surface area contributed by atoms with E-state index in [1.807, 2.05) is 35.1 Å². The van der Waals surface area contributed by atoms with Gasteiger partial charge in [0, 0.05) is 5.39 Å². The average molecular weight is 266 g/mol. The van der Waals surface area contributed by atoms with Crippen LogP contribution in [0.5, 0.6) is 5.75 Å². The Morgan fingerprint density at radius 1 is 1.05 bits per heavy atom. The van der Waals surface area contributed by atoms with E-state index < -0.39 is 0 Å². The van der Waals surface area contributed by atoms with Gasteiger partial charge in [-0.25, -0.2) is 0 Å². The third-order valence-corrected chi connectivity index (χ3v) is 3.67. The van der Waals surface area contributed by atoms with Crippen molar-refractivity contribution in [2.45, 2.75) is 20.4 Å². The summed E-state index contributed by atoms with van der Waals surface area (Å²) in [7, 11) is 0. The third-order valence-electron chi connectivity index (χ3n) is 3.67. The number of nitrogens with zero attached hydrogens (tertiary/aromatic N) is 2. The molecule has 1 aromatic heterocycles. The van der Waals surface area contributed by atoms with Crippen molar-refractivity contribution >= 4 is 10.9 Å². The lowest BCUT2D eigenvalue weighted by molar-refractivity contribution is 0.292. The molecule has 20 heavy (non-hydrogen) atoms. The van der Waals surface area contributed by atoms with Gasteiger partial charge >= 0.3 is 0 Å². The molecular formula is C17H18N2O. The molecule has 0 fully saturated rings. The molecular weight excluding hydrogens is 248 g/mol. The van der Waals surface area contributed by atoms with Crippen molar-refractivity contribution in [1.82, 2.24) is 9.78 Å². The standard InChI is InChI=1S/C17H18N2O/c1-13-6-5-9-17(14(13)2)20-11-10-19-16-8-4-3-7-15(16)12-18-19/h3-9,12H,10-11H2,1-2H3. The monoisotopic (exact) mass is 266 g/mol. The Balaban J connectivity index is 1.70. The fourth-order valence-corrected chi connectivity index (χ4v) is 2.33. The fraction of sp³-hybridized carbons (Fsp3) is 0.235. The highest BCUT2D eigenvalue weighted by Gasteiger charge is 2.04. The van der Waals surface area contributed by atoms with Crippen LogP contribution in [-0.4, -0.2) is 16.4 Å². The zero-order valence-electron chi connectivity index (χ0n) is 11.8. The van der Waals surface area contributed by atoms with Crippen molar-refractivity contribution in [3.8, 4) is 5.75 Å². The van der Waals surface area contributed by atoms with Crippen molar-refractivity contribution in [2.75, 3.05) is 6.61 Å². The summed E-state index contributed by atoms with van der Waals surface area (Å²) in [6.07, 6.45) is 1.90. The lowest BCUT2D eigenvalue weighted by atomic mass is 10.1. The van der Waals surface area contributed by atoms with Crippen LogP contribution in [-0.2, 0) is 6.54 Å². The Morgan fingerprint density at radius 2 is 1.90 bits per heavy atom. The van der Waals surface area contributed by atoms with Gasteiger partial charge in [-0.05, 0) is 37.1 Å². The van der Waals surface area contributed by atoms with E-state index in [1.165, 1.54) is 16.5 Å². The lowest BCUT2D eigenvalue weighted by Gasteiger charge is -2.11. The Bertz CT molecular complexity index is 731. The fourth-order valence-electron chi connectivity index (χ4n) is 2.33. The second-order valence-corrected chi connectivity index (χ2v) is 4.97. The van der Waals surface area contributed by atoms with Gasteiger partial charge in [0.2, 0.25) is 0 Å². The number of hydrogen-bond acceptors (Lipinski definition) is 2. The summed E-state index contributed by atoms with van der Waals surface area (Å²) >= 11 is 0. The zero-order valence-corrected chi connectivity index (χ0v) is 11.8. The van der Waals surface area contributed by atoms with Crippen molar-refractivity contribution < 1.29 is 4.74 Å². The molecule has 0 atom stereocenters. The van der Waals surface area contributed by atoms with Gasteiger partial charge in [-0.1, -0.05) is 30.3 Å². The van der Waals surface area contributed by atoms with E-state index in [1.54, 1.807) is 0 Å².